The maximum absolute atomic E-state index is 11.5. The van der Waals surface area contributed by atoms with Gasteiger partial charge in [0.15, 0.2) is 0 Å². The Balaban J connectivity index is 1.74. The second kappa shape index (κ2) is 8.02. The van der Waals surface area contributed by atoms with Crippen LogP contribution in [0.5, 0.6) is 11.6 Å². The summed E-state index contributed by atoms with van der Waals surface area (Å²) >= 11 is 6.21. The molecule has 4 aromatic rings. The number of halogens is 1. The van der Waals surface area contributed by atoms with Crippen LogP contribution in [0.25, 0.3) is 22.2 Å². The molecular weight excluding hydrogens is 422 g/mol. The summed E-state index contributed by atoms with van der Waals surface area (Å²) in [6.45, 7) is 1.81. The second-order valence-electron chi connectivity index (χ2n) is 6.83. The van der Waals surface area contributed by atoms with Crippen LogP contribution in [0.3, 0.4) is 0 Å². The normalized spacial score (nSPS) is 11.6. The predicted molar refractivity (Wildman–Crippen MR) is 118 cm³/mol. The summed E-state index contributed by atoms with van der Waals surface area (Å²) in [6, 6.07) is 20.0. The maximum atomic E-state index is 11.5. The van der Waals surface area contributed by atoms with E-state index in [2.05, 4.69) is 9.97 Å². The molecular formula is C22H18ClN3O3S. The molecule has 0 saturated heterocycles. The van der Waals surface area contributed by atoms with E-state index in [9.17, 15) is 8.42 Å². The minimum Gasteiger partial charge on any atom is -0.437 e. The van der Waals surface area contributed by atoms with E-state index in [0.717, 1.165) is 11.1 Å². The Labute approximate surface area is 179 Å². The van der Waals surface area contributed by atoms with Crippen molar-refractivity contribution in [1.82, 2.24) is 9.97 Å². The van der Waals surface area contributed by atoms with E-state index in [0.29, 0.717) is 38.9 Å². The summed E-state index contributed by atoms with van der Waals surface area (Å²) in [7, 11) is -3.63. The molecule has 30 heavy (non-hydrogen) atoms. The average molecular weight is 440 g/mol. The number of rotatable bonds is 5. The Kier molecular flexibility index (Phi) is 5.42. The first kappa shape index (κ1) is 20.3. The third-order valence-electron chi connectivity index (χ3n) is 4.48. The molecule has 0 bridgehead atoms. The van der Waals surface area contributed by atoms with Crippen molar-refractivity contribution in [1.29, 1.82) is 0 Å². The molecule has 0 aliphatic rings. The summed E-state index contributed by atoms with van der Waals surface area (Å²) in [4.78, 5) is 9.09. The Morgan fingerprint density at radius 2 is 1.77 bits per heavy atom. The third-order valence-corrected chi connectivity index (χ3v) is 5.52. The molecule has 0 unspecified atom stereocenters. The molecule has 0 atom stereocenters. The van der Waals surface area contributed by atoms with Crippen LogP contribution in [0.15, 0.2) is 66.7 Å². The van der Waals surface area contributed by atoms with Crippen molar-refractivity contribution in [2.45, 2.75) is 12.7 Å². The molecule has 0 spiro atoms. The molecule has 6 nitrogen and oxygen atoms in total. The van der Waals surface area contributed by atoms with Gasteiger partial charge in [-0.1, -0.05) is 54.1 Å². The van der Waals surface area contributed by atoms with E-state index in [1.54, 1.807) is 31.2 Å². The van der Waals surface area contributed by atoms with E-state index in [4.69, 9.17) is 21.5 Å². The molecule has 152 valence electrons. The van der Waals surface area contributed by atoms with Crippen LogP contribution in [0.4, 0.5) is 0 Å². The number of primary sulfonamides is 1. The number of benzene rings is 3. The third kappa shape index (κ3) is 4.43. The number of para-hydroxylation sites is 2. The highest BCUT2D eigenvalue weighted by atomic mass is 35.5. The molecule has 0 fully saturated rings. The van der Waals surface area contributed by atoms with Crippen LogP contribution in [-0.4, -0.2) is 18.4 Å². The first-order valence-corrected chi connectivity index (χ1v) is 11.2. The Bertz CT molecular complexity index is 1360. The van der Waals surface area contributed by atoms with E-state index in [1.165, 1.54) is 0 Å². The summed E-state index contributed by atoms with van der Waals surface area (Å²) < 4.78 is 29.0. The number of fused-ring (bicyclic) bond motifs is 1. The summed E-state index contributed by atoms with van der Waals surface area (Å²) in [5.41, 5.74) is 4.06. The van der Waals surface area contributed by atoms with E-state index in [1.807, 2.05) is 42.5 Å². The quantitative estimate of drug-likeness (QED) is 0.480. The Morgan fingerprint density at radius 1 is 1.00 bits per heavy atom. The van der Waals surface area contributed by atoms with Crippen LogP contribution >= 0.6 is 11.6 Å². The summed E-state index contributed by atoms with van der Waals surface area (Å²) in [6.07, 6.45) is 0. The molecule has 0 saturated carbocycles. The molecule has 2 N–H and O–H groups in total. The molecule has 0 aliphatic heterocycles. The van der Waals surface area contributed by atoms with Gasteiger partial charge in [-0.2, -0.15) is 0 Å². The standard InChI is InChI=1S/C22H18ClN3O3S/c1-14-22(26-19-10-5-9-18(23)21(19)25-14)29-20-11-3-2-8-17(20)16-7-4-6-15(12-16)13-30(24,27)28/h2-12H,13H2,1H3,(H2,24,27,28). The molecule has 8 heteroatoms. The van der Waals surface area contributed by atoms with E-state index in [-0.39, 0.29) is 5.75 Å². The lowest BCUT2D eigenvalue weighted by atomic mass is 10.0. The van der Waals surface area contributed by atoms with Crippen LogP contribution in [0.1, 0.15) is 11.3 Å². The van der Waals surface area contributed by atoms with Gasteiger partial charge in [-0.25, -0.2) is 23.5 Å². The van der Waals surface area contributed by atoms with Crippen LogP contribution in [0, 0.1) is 6.92 Å². The first-order chi connectivity index (χ1) is 14.3. The van der Waals surface area contributed by atoms with Crippen molar-refractivity contribution in [3.05, 3.63) is 83.0 Å². The number of hydrogen-bond acceptors (Lipinski definition) is 5. The van der Waals surface area contributed by atoms with Crippen LogP contribution in [0.2, 0.25) is 5.02 Å². The number of aromatic nitrogens is 2. The van der Waals surface area contributed by atoms with Gasteiger partial charge in [-0.15, -0.1) is 0 Å². The maximum Gasteiger partial charge on any atom is 0.241 e. The molecule has 3 aromatic carbocycles. The fourth-order valence-electron chi connectivity index (χ4n) is 3.17. The SMILES string of the molecule is Cc1nc2c(Cl)cccc2nc1Oc1ccccc1-c1cccc(CS(N)(=O)=O)c1. The lowest BCUT2D eigenvalue weighted by molar-refractivity contribution is 0.460. The predicted octanol–water partition coefficient (Wildman–Crippen LogP) is 4.84. The van der Waals surface area contributed by atoms with Crippen molar-refractivity contribution in [2.24, 2.45) is 5.14 Å². The fourth-order valence-corrected chi connectivity index (χ4v) is 4.02. The largest absolute Gasteiger partial charge is 0.437 e. The van der Waals surface area contributed by atoms with E-state index < -0.39 is 10.0 Å². The zero-order chi connectivity index (χ0) is 21.3. The minimum atomic E-state index is -3.63. The zero-order valence-electron chi connectivity index (χ0n) is 16.0. The van der Waals surface area contributed by atoms with Crippen molar-refractivity contribution < 1.29 is 13.2 Å². The minimum absolute atomic E-state index is 0.236. The highest BCUT2D eigenvalue weighted by molar-refractivity contribution is 7.88. The lowest BCUT2D eigenvalue weighted by Gasteiger charge is -2.13. The molecule has 1 aromatic heterocycles. The van der Waals surface area contributed by atoms with Gasteiger partial charge in [-0.05, 0) is 42.3 Å². The first-order valence-electron chi connectivity index (χ1n) is 9.10. The zero-order valence-corrected chi connectivity index (χ0v) is 17.6. The molecule has 0 amide bonds. The number of nitrogens with zero attached hydrogens (tertiary/aromatic N) is 2. The highest BCUT2D eigenvalue weighted by Gasteiger charge is 2.14. The molecule has 0 radical (unpaired) electrons. The van der Waals surface area contributed by atoms with Crippen LogP contribution in [-0.2, 0) is 15.8 Å². The summed E-state index contributed by atoms with van der Waals surface area (Å²) in [5.74, 6) is 0.710. The van der Waals surface area contributed by atoms with Gasteiger partial charge < -0.3 is 4.74 Å². The number of aryl methyl sites for hydroxylation is 1. The number of sulfonamides is 1. The Morgan fingerprint density at radius 3 is 2.57 bits per heavy atom. The lowest BCUT2D eigenvalue weighted by Crippen LogP contribution is -2.14. The molecule has 1 heterocycles. The number of ether oxygens (including phenoxy) is 1. The monoisotopic (exact) mass is 439 g/mol. The smallest absolute Gasteiger partial charge is 0.241 e. The van der Waals surface area contributed by atoms with Gasteiger partial charge in [0.05, 0.1) is 16.3 Å². The molecule has 0 aliphatic carbocycles. The molecule has 4 rings (SSSR count). The van der Waals surface area contributed by atoms with Gasteiger partial charge in [0.25, 0.3) is 0 Å². The van der Waals surface area contributed by atoms with Crippen molar-refractivity contribution in [3.63, 3.8) is 0 Å². The number of nitrogens with two attached hydrogens (primary N) is 1. The highest BCUT2D eigenvalue weighted by Crippen LogP contribution is 2.35. The van der Waals surface area contributed by atoms with Crippen molar-refractivity contribution in [3.8, 4) is 22.8 Å². The topological polar surface area (TPSA) is 95.2 Å². The average Bonchev–Trinajstić information content (AvgIpc) is 2.69. The van der Waals surface area contributed by atoms with Gasteiger partial charge in [0.1, 0.15) is 17.0 Å². The van der Waals surface area contributed by atoms with E-state index >= 15 is 0 Å². The van der Waals surface area contributed by atoms with Crippen molar-refractivity contribution in [2.75, 3.05) is 0 Å². The Hall–Kier alpha value is -3.00. The number of hydrogen-bond donors (Lipinski definition) is 1. The van der Waals surface area contributed by atoms with Gasteiger partial charge in [0.2, 0.25) is 15.9 Å². The van der Waals surface area contributed by atoms with Gasteiger partial charge in [-0.3, -0.25) is 0 Å². The van der Waals surface area contributed by atoms with Gasteiger partial charge in [0, 0.05) is 5.56 Å². The second-order valence-corrected chi connectivity index (χ2v) is 8.85. The summed E-state index contributed by atoms with van der Waals surface area (Å²) in [5, 5.41) is 5.71. The van der Waals surface area contributed by atoms with Gasteiger partial charge >= 0.3 is 0 Å². The van der Waals surface area contributed by atoms with Crippen LogP contribution < -0.4 is 9.88 Å². The van der Waals surface area contributed by atoms with Crippen molar-refractivity contribution >= 4 is 32.7 Å². The fraction of sp³-hybridized carbons (Fsp3) is 0.0909.